The van der Waals surface area contributed by atoms with Crippen LogP contribution in [0.25, 0.3) is 0 Å². The molecule has 1 aromatic heterocycles. The fraction of sp³-hybridized carbons (Fsp3) is 0.333. The summed E-state index contributed by atoms with van der Waals surface area (Å²) >= 11 is 6.16. The van der Waals surface area contributed by atoms with Gasteiger partial charge in [-0.1, -0.05) is 23.7 Å². The minimum absolute atomic E-state index is 0.0382. The zero-order chi connectivity index (χ0) is 25.4. The average molecular weight is 532 g/mol. The van der Waals surface area contributed by atoms with E-state index >= 15 is 0 Å². The van der Waals surface area contributed by atoms with Crippen LogP contribution in [-0.4, -0.2) is 58.8 Å². The molecule has 2 aliphatic rings. The van der Waals surface area contributed by atoms with Crippen LogP contribution < -0.4 is 28.7 Å². The van der Waals surface area contributed by atoms with E-state index in [4.69, 9.17) is 25.8 Å². The van der Waals surface area contributed by atoms with Crippen LogP contribution in [0.1, 0.15) is 11.1 Å². The average Bonchev–Trinajstić information content (AvgIpc) is 2.85. The molecule has 0 spiro atoms. The van der Waals surface area contributed by atoms with Crippen molar-refractivity contribution in [3.63, 3.8) is 0 Å². The Labute approximate surface area is 214 Å². The van der Waals surface area contributed by atoms with E-state index in [1.54, 1.807) is 19.1 Å². The van der Waals surface area contributed by atoms with Gasteiger partial charge in [0.05, 0.1) is 23.7 Å². The van der Waals surface area contributed by atoms with Gasteiger partial charge in [-0.15, -0.1) is 0 Å². The van der Waals surface area contributed by atoms with Crippen molar-refractivity contribution in [3.8, 4) is 17.5 Å². The van der Waals surface area contributed by atoms with Crippen LogP contribution in [0.5, 0.6) is 17.5 Å². The number of sulfonamides is 1. The topological polar surface area (TPSA) is 106 Å². The summed E-state index contributed by atoms with van der Waals surface area (Å²) in [7, 11) is -0.180. The molecule has 0 fully saturated rings. The third kappa shape index (κ3) is 4.68. The van der Waals surface area contributed by atoms with Crippen molar-refractivity contribution < 1.29 is 22.6 Å². The monoisotopic (exact) mass is 531 g/mol. The van der Waals surface area contributed by atoms with E-state index in [2.05, 4.69) is 19.6 Å². The Bertz CT molecular complexity index is 1420. The van der Waals surface area contributed by atoms with Gasteiger partial charge in [0.1, 0.15) is 25.6 Å². The second kappa shape index (κ2) is 9.55. The normalized spacial score (nSPS) is 14.9. The third-order valence-corrected chi connectivity index (χ3v) is 7.97. The van der Waals surface area contributed by atoms with Gasteiger partial charge in [0.25, 0.3) is 21.8 Å². The Balaban J connectivity index is 1.48. The van der Waals surface area contributed by atoms with E-state index < -0.39 is 10.0 Å². The maximum Gasteiger partial charge on any atom is 0.263 e. The van der Waals surface area contributed by atoms with Gasteiger partial charge in [-0.3, -0.25) is 4.72 Å². The van der Waals surface area contributed by atoms with Crippen LogP contribution in [0.4, 0.5) is 17.3 Å². The van der Waals surface area contributed by atoms with Crippen molar-refractivity contribution in [2.75, 3.05) is 54.9 Å². The number of ether oxygens (including phenoxy) is 3. The highest BCUT2D eigenvalue weighted by molar-refractivity contribution is 7.92. The van der Waals surface area contributed by atoms with Gasteiger partial charge in [-0.25, -0.2) is 8.42 Å². The van der Waals surface area contributed by atoms with E-state index in [1.165, 1.54) is 6.07 Å². The van der Waals surface area contributed by atoms with Crippen LogP contribution in [0, 0.1) is 6.92 Å². The van der Waals surface area contributed by atoms with Crippen molar-refractivity contribution in [3.05, 3.63) is 52.5 Å². The van der Waals surface area contributed by atoms with E-state index in [0.717, 1.165) is 23.5 Å². The Morgan fingerprint density at radius 2 is 1.86 bits per heavy atom. The van der Waals surface area contributed by atoms with Crippen LogP contribution >= 0.6 is 11.6 Å². The van der Waals surface area contributed by atoms with Crippen LogP contribution in [0.15, 0.2) is 41.3 Å². The summed E-state index contributed by atoms with van der Waals surface area (Å²) in [6.45, 7) is 4.23. The highest BCUT2D eigenvalue weighted by atomic mass is 35.5. The summed E-state index contributed by atoms with van der Waals surface area (Å²) in [6.07, 6.45) is 0. The lowest BCUT2D eigenvalue weighted by molar-refractivity contribution is 0.277. The number of anilines is 3. The molecule has 2 aromatic carbocycles. The second-order valence-corrected chi connectivity index (χ2v) is 10.7. The summed E-state index contributed by atoms with van der Waals surface area (Å²) in [4.78, 5) is 13.0. The highest BCUT2D eigenvalue weighted by Gasteiger charge is 2.27. The molecule has 0 radical (unpaired) electrons. The van der Waals surface area contributed by atoms with Crippen LogP contribution in [0.2, 0.25) is 5.02 Å². The smallest absolute Gasteiger partial charge is 0.263 e. The fourth-order valence-electron chi connectivity index (χ4n) is 3.99. The minimum atomic E-state index is -4.04. The van der Waals surface area contributed by atoms with Crippen molar-refractivity contribution in [2.45, 2.75) is 18.4 Å². The molecule has 0 atom stereocenters. The summed E-state index contributed by atoms with van der Waals surface area (Å²) in [5, 5.41) is 0.345. The molecule has 1 N–H and O–H groups in total. The molecule has 0 bridgehead atoms. The number of hydrogen-bond acceptors (Lipinski definition) is 9. The minimum Gasteiger partial charge on any atom is -0.490 e. The Hall–Kier alpha value is -3.44. The molecule has 3 heterocycles. The first kappa shape index (κ1) is 24.3. The van der Waals surface area contributed by atoms with Crippen molar-refractivity contribution >= 4 is 38.9 Å². The Kier molecular flexibility index (Phi) is 6.44. The fourth-order valence-corrected chi connectivity index (χ4v) is 5.49. The Morgan fingerprint density at radius 1 is 1.08 bits per heavy atom. The molecule has 5 rings (SSSR count). The van der Waals surface area contributed by atoms with E-state index in [1.807, 2.05) is 37.2 Å². The highest BCUT2D eigenvalue weighted by Crippen LogP contribution is 2.36. The molecular weight excluding hydrogens is 506 g/mol. The van der Waals surface area contributed by atoms with E-state index in [-0.39, 0.29) is 29.1 Å². The quantitative estimate of drug-likeness (QED) is 0.511. The number of hydrogen-bond donors (Lipinski definition) is 1. The predicted molar refractivity (Wildman–Crippen MR) is 137 cm³/mol. The number of halogens is 1. The van der Waals surface area contributed by atoms with Crippen molar-refractivity contribution in [1.29, 1.82) is 0 Å². The van der Waals surface area contributed by atoms with Gasteiger partial charge in [0.2, 0.25) is 5.82 Å². The lowest BCUT2D eigenvalue weighted by Gasteiger charge is -2.28. The van der Waals surface area contributed by atoms with Gasteiger partial charge in [-0.05, 0) is 42.3 Å². The van der Waals surface area contributed by atoms with Gasteiger partial charge in [0.15, 0.2) is 5.82 Å². The molecule has 0 saturated heterocycles. The van der Waals surface area contributed by atoms with Crippen LogP contribution in [-0.2, 0) is 16.6 Å². The zero-order valence-electron chi connectivity index (χ0n) is 20.1. The van der Waals surface area contributed by atoms with E-state index in [9.17, 15) is 8.42 Å². The molecule has 36 heavy (non-hydrogen) atoms. The molecule has 0 saturated carbocycles. The number of aromatic nitrogens is 2. The first-order chi connectivity index (χ1) is 17.2. The number of nitrogens with one attached hydrogen (secondary N) is 1. The lowest BCUT2D eigenvalue weighted by atomic mass is 10.1. The van der Waals surface area contributed by atoms with Gasteiger partial charge in [-0.2, -0.15) is 9.97 Å². The van der Waals surface area contributed by atoms with Crippen molar-refractivity contribution in [1.82, 2.24) is 9.97 Å². The standard InChI is InChI=1S/C24H26ClN5O5S/c1-15-17(25)5-4-6-20(15)36(31,32)28-21-23(27-22-24(26-21)34-12-10-30(22)3)35-14-16-7-8-19-18(13-16)29(2)9-11-33-19/h4-8,13H,9-12,14H2,1-3H3,(H,26,28). The Morgan fingerprint density at radius 3 is 2.69 bits per heavy atom. The summed E-state index contributed by atoms with van der Waals surface area (Å²) in [5.41, 5.74) is 2.26. The number of likely N-dealkylation sites (N-methyl/N-ethyl adjacent to an activating group) is 2. The lowest BCUT2D eigenvalue weighted by Crippen LogP contribution is -2.31. The number of rotatable bonds is 6. The van der Waals surface area contributed by atoms with E-state index in [0.29, 0.717) is 36.2 Å². The molecule has 10 nitrogen and oxygen atoms in total. The van der Waals surface area contributed by atoms with Crippen LogP contribution in [0.3, 0.4) is 0 Å². The van der Waals surface area contributed by atoms with Gasteiger partial charge >= 0.3 is 0 Å². The maximum atomic E-state index is 13.3. The maximum absolute atomic E-state index is 13.3. The summed E-state index contributed by atoms with van der Waals surface area (Å²) in [6, 6.07) is 10.5. The molecule has 0 unspecified atom stereocenters. The summed E-state index contributed by atoms with van der Waals surface area (Å²) < 4.78 is 46.4. The van der Waals surface area contributed by atoms with Crippen molar-refractivity contribution in [2.24, 2.45) is 0 Å². The molecule has 3 aromatic rings. The predicted octanol–water partition coefficient (Wildman–Crippen LogP) is 3.48. The summed E-state index contributed by atoms with van der Waals surface area (Å²) in [5.74, 6) is 1.48. The number of nitrogens with zero attached hydrogens (tertiary/aromatic N) is 4. The van der Waals surface area contributed by atoms with Gasteiger partial charge < -0.3 is 24.0 Å². The second-order valence-electron chi connectivity index (χ2n) is 8.61. The largest absolute Gasteiger partial charge is 0.490 e. The molecule has 12 heteroatoms. The first-order valence-corrected chi connectivity index (χ1v) is 13.2. The third-order valence-electron chi connectivity index (χ3n) is 6.07. The number of benzene rings is 2. The zero-order valence-corrected chi connectivity index (χ0v) is 21.7. The molecule has 2 aliphatic heterocycles. The molecule has 0 aliphatic carbocycles. The first-order valence-electron chi connectivity index (χ1n) is 11.4. The van der Waals surface area contributed by atoms with Gasteiger partial charge in [0, 0.05) is 19.1 Å². The number of fused-ring (bicyclic) bond motifs is 2. The molecule has 0 amide bonds. The SMILES string of the molecule is Cc1c(Cl)cccc1S(=O)(=O)Nc1nc2c(nc1OCc1ccc3c(c1)N(C)CCO3)N(C)CCO2. The molecular formula is C24H26ClN5O5S. The molecule has 190 valence electrons.